The maximum atomic E-state index is 4.50. The Morgan fingerprint density at radius 2 is 1.76 bits per heavy atom. The molecule has 0 spiro atoms. The average Bonchev–Trinajstić information content (AvgIpc) is 3.20. The predicted molar refractivity (Wildman–Crippen MR) is 90.7 cm³/mol. The summed E-state index contributed by atoms with van der Waals surface area (Å²) in [4.78, 5) is 0. The fourth-order valence-electron chi connectivity index (χ4n) is 2.52. The van der Waals surface area contributed by atoms with Gasteiger partial charge >= 0.3 is 0 Å². The molecule has 0 saturated heterocycles. The second-order valence-electron chi connectivity index (χ2n) is 4.71. The summed E-state index contributed by atoms with van der Waals surface area (Å²) >= 11 is 4.42. The minimum Gasteiger partial charge on any atom is -0.173 e. The van der Waals surface area contributed by atoms with Gasteiger partial charge in [0.15, 0.2) is 5.69 Å². The van der Waals surface area contributed by atoms with E-state index in [1.54, 1.807) is 11.3 Å². The van der Waals surface area contributed by atoms with Crippen LogP contribution in [0.2, 0.25) is 0 Å². The molecule has 1 aromatic heterocycles. The third-order valence-electron chi connectivity index (χ3n) is 3.51. The van der Waals surface area contributed by atoms with Crippen LogP contribution < -0.4 is 3.95 Å². The number of hydrogen-bond acceptors (Lipinski definition) is 4. The molecule has 0 N–H and O–H groups in total. The highest BCUT2D eigenvalue weighted by atomic mass is 32.1. The van der Waals surface area contributed by atoms with Crippen molar-refractivity contribution in [1.82, 2.24) is 3.95 Å². The average molecular weight is 327 g/mol. The summed E-state index contributed by atoms with van der Waals surface area (Å²) in [6, 6.07) is 10.5. The number of hydrogen-bond donors (Lipinski definition) is 0. The summed E-state index contributed by atoms with van der Waals surface area (Å²) in [5, 5.41) is 6.58. The van der Waals surface area contributed by atoms with Crippen LogP contribution >= 0.6 is 11.3 Å². The molecule has 2 aliphatic heterocycles. The predicted octanol–water partition coefficient (Wildman–Crippen LogP) is 5.56. The first kappa shape index (κ1) is 11.7. The molecule has 0 radical (unpaired) electrons. The second-order valence-corrected chi connectivity index (χ2v) is 6.70. The standard InChI is InChI=1S/C14H7N4S3/c1-2-8-4-10-11(16-20-15-10)5-9(8)13(3-1)18-14-7-19-6-12(14)17-21-18/h1-7H/q+1. The van der Waals surface area contributed by atoms with Crippen LogP contribution in [0.1, 0.15) is 0 Å². The van der Waals surface area contributed by atoms with Gasteiger partial charge in [0.2, 0.25) is 5.69 Å². The van der Waals surface area contributed by atoms with Crippen LogP contribution in [-0.4, -0.2) is 0 Å². The summed E-state index contributed by atoms with van der Waals surface area (Å²) in [6.07, 6.45) is 0. The van der Waals surface area contributed by atoms with Crippen LogP contribution in [0.25, 0.3) is 10.8 Å². The van der Waals surface area contributed by atoms with Crippen molar-refractivity contribution in [2.24, 2.45) is 13.1 Å². The minimum atomic E-state index is 0.951. The number of fused-ring (bicyclic) bond motifs is 3. The quantitative estimate of drug-likeness (QED) is 0.362. The van der Waals surface area contributed by atoms with Gasteiger partial charge in [-0.05, 0) is 17.5 Å². The fourth-order valence-corrected chi connectivity index (χ4v) is 4.69. The summed E-state index contributed by atoms with van der Waals surface area (Å²) < 4.78 is 15.4. The third kappa shape index (κ3) is 1.65. The SMILES string of the molecule is c1cc([N+]2=S=Nc3cscc32)c2cc3c(cc2c1)N=S=N3. The Bertz CT molecular complexity index is 1070. The van der Waals surface area contributed by atoms with Crippen molar-refractivity contribution in [2.75, 3.05) is 0 Å². The lowest BCUT2D eigenvalue weighted by Gasteiger charge is -2.02. The van der Waals surface area contributed by atoms with E-state index in [9.17, 15) is 0 Å². The molecule has 0 fully saturated rings. The molecule has 0 amide bonds. The van der Waals surface area contributed by atoms with Crippen molar-refractivity contribution in [3.8, 4) is 0 Å². The van der Waals surface area contributed by atoms with Crippen LogP contribution in [0.4, 0.5) is 28.4 Å². The highest BCUT2D eigenvalue weighted by molar-refractivity contribution is 7.58. The maximum Gasteiger partial charge on any atom is 0.264 e. The van der Waals surface area contributed by atoms with Crippen molar-refractivity contribution < 1.29 is 0 Å². The molecule has 4 nitrogen and oxygen atoms in total. The summed E-state index contributed by atoms with van der Waals surface area (Å²) in [5.41, 5.74) is 5.27. The first-order valence-corrected chi connectivity index (χ1v) is 8.70. The van der Waals surface area contributed by atoms with E-state index in [0.29, 0.717) is 0 Å². The second kappa shape index (κ2) is 4.27. The van der Waals surface area contributed by atoms with Crippen molar-refractivity contribution >= 4 is 73.3 Å². The molecule has 0 aliphatic carbocycles. The molecule has 0 unspecified atom stereocenters. The minimum absolute atomic E-state index is 0.951. The zero-order chi connectivity index (χ0) is 13.8. The van der Waals surface area contributed by atoms with Crippen molar-refractivity contribution in [3.05, 3.63) is 41.1 Å². The Labute approximate surface area is 131 Å². The first-order chi connectivity index (χ1) is 10.4. The molecule has 3 heterocycles. The fraction of sp³-hybridized carbons (Fsp3) is 0. The molecule has 0 bridgehead atoms. The van der Waals surface area contributed by atoms with Crippen molar-refractivity contribution in [2.45, 2.75) is 0 Å². The van der Waals surface area contributed by atoms with Gasteiger partial charge in [-0.2, -0.15) is 8.73 Å². The zero-order valence-corrected chi connectivity index (χ0v) is 13.0. The Kier molecular flexibility index (Phi) is 2.37. The smallest absolute Gasteiger partial charge is 0.173 e. The molecule has 2 aliphatic rings. The van der Waals surface area contributed by atoms with E-state index in [0.717, 1.165) is 28.4 Å². The topological polar surface area (TPSA) is 40.1 Å². The molecule has 21 heavy (non-hydrogen) atoms. The Balaban J connectivity index is 1.83. The Hall–Kier alpha value is -1.96. The van der Waals surface area contributed by atoms with Gasteiger partial charge in [-0.3, -0.25) is 0 Å². The van der Waals surface area contributed by atoms with E-state index in [2.05, 4.69) is 58.1 Å². The van der Waals surface area contributed by atoms with E-state index < -0.39 is 0 Å². The highest BCUT2D eigenvalue weighted by Gasteiger charge is 2.26. The van der Waals surface area contributed by atoms with Gasteiger partial charge in [0.05, 0.1) is 22.1 Å². The first-order valence-electron chi connectivity index (χ1n) is 6.30. The molecule has 3 aromatic rings. The lowest BCUT2D eigenvalue weighted by molar-refractivity contribution is 1.17. The summed E-state index contributed by atoms with van der Waals surface area (Å²) in [5.74, 6) is 0. The maximum absolute atomic E-state index is 4.50. The van der Waals surface area contributed by atoms with Gasteiger partial charge in [0.1, 0.15) is 11.4 Å². The van der Waals surface area contributed by atoms with E-state index in [1.165, 1.54) is 33.5 Å². The molecule has 100 valence electrons. The van der Waals surface area contributed by atoms with Gasteiger partial charge < -0.3 is 0 Å². The number of benzene rings is 2. The Morgan fingerprint density at radius 3 is 2.71 bits per heavy atom. The van der Waals surface area contributed by atoms with E-state index in [1.807, 2.05) is 0 Å². The van der Waals surface area contributed by atoms with Crippen LogP contribution in [0.15, 0.2) is 54.2 Å². The van der Waals surface area contributed by atoms with Crippen molar-refractivity contribution in [3.63, 3.8) is 0 Å². The molecule has 0 saturated carbocycles. The van der Waals surface area contributed by atoms with E-state index in [4.69, 9.17) is 0 Å². The molecule has 0 atom stereocenters. The van der Waals surface area contributed by atoms with Gasteiger partial charge in [0, 0.05) is 11.4 Å². The van der Waals surface area contributed by atoms with Gasteiger partial charge in [-0.1, -0.05) is 16.1 Å². The number of thiophene rings is 1. The zero-order valence-electron chi connectivity index (χ0n) is 10.6. The molecular formula is C14H7N4S3+. The molecule has 2 aromatic carbocycles. The lowest BCUT2D eigenvalue weighted by atomic mass is 10.1. The normalized spacial score (nSPS) is 14.6. The van der Waals surface area contributed by atoms with Gasteiger partial charge in [0.25, 0.3) is 17.0 Å². The summed E-state index contributed by atoms with van der Waals surface area (Å²) in [7, 11) is 0. The van der Waals surface area contributed by atoms with Crippen LogP contribution in [0, 0.1) is 0 Å². The number of rotatable bonds is 1. The van der Waals surface area contributed by atoms with E-state index in [-0.39, 0.29) is 0 Å². The monoisotopic (exact) mass is 327 g/mol. The molecule has 5 rings (SSSR count). The third-order valence-corrected chi connectivity index (χ3v) is 5.62. The molecule has 7 heteroatoms. The van der Waals surface area contributed by atoms with Crippen molar-refractivity contribution in [1.29, 1.82) is 0 Å². The van der Waals surface area contributed by atoms with Crippen LogP contribution in [-0.2, 0) is 22.7 Å². The largest absolute Gasteiger partial charge is 0.264 e. The lowest BCUT2D eigenvalue weighted by Crippen LogP contribution is -1.96. The number of nitrogens with zero attached hydrogens (tertiary/aromatic N) is 4. The molecular weight excluding hydrogens is 320 g/mol. The van der Waals surface area contributed by atoms with Gasteiger partial charge in [-0.15, -0.1) is 15.7 Å². The summed E-state index contributed by atoms with van der Waals surface area (Å²) in [6.45, 7) is 0. The highest BCUT2D eigenvalue weighted by Crippen LogP contribution is 2.42. The van der Waals surface area contributed by atoms with Crippen LogP contribution in [0.3, 0.4) is 0 Å². The van der Waals surface area contributed by atoms with Crippen LogP contribution in [0.5, 0.6) is 0 Å². The Morgan fingerprint density at radius 1 is 0.857 bits per heavy atom. The van der Waals surface area contributed by atoms with E-state index >= 15 is 0 Å². The van der Waals surface area contributed by atoms with Gasteiger partial charge in [-0.25, -0.2) is 0 Å².